The molecule has 2 unspecified atom stereocenters. The average Bonchev–Trinajstić information content (AvgIpc) is 2.55. The zero-order valence-corrected chi connectivity index (χ0v) is 14.2. The Kier molecular flexibility index (Phi) is 8.24. The van der Waals surface area contributed by atoms with Gasteiger partial charge in [-0.25, -0.2) is 0 Å². The lowest BCUT2D eigenvalue weighted by Crippen LogP contribution is -2.25. The second kappa shape index (κ2) is 10.2. The molecule has 1 heterocycles. The number of halogens is 2. The minimum absolute atomic E-state index is 0.105. The van der Waals surface area contributed by atoms with Gasteiger partial charge in [0.2, 0.25) is 0 Å². The Labute approximate surface area is 138 Å². The van der Waals surface area contributed by atoms with Crippen molar-refractivity contribution in [2.24, 2.45) is 17.8 Å². The van der Waals surface area contributed by atoms with E-state index in [2.05, 4.69) is 6.08 Å². The van der Waals surface area contributed by atoms with Crippen LogP contribution in [0.2, 0.25) is 0 Å². The number of rotatable bonds is 7. The van der Waals surface area contributed by atoms with Crippen molar-refractivity contribution in [2.75, 3.05) is 20.3 Å². The van der Waals surface area contributed by atoms with Crippen molar-refractivity contribution in [3.63, 3.8) is 0 Å². The maximum atomic E-state index is 12.3. The molecule has 23 heavy (non-hydrogen) atoms. The van der Waals surface area contributed by atoms with Gasteiger partial charge in [0.15, 0.2) is 0 Å². The van der Waals surface area contributed by atoms with Crippen molar-refractivity contribution < 1.29 is 18.3 Å². The summed E-state index contributed by atoms with van der Waals surface area (Å²) in [4.78, 5) is 0. The van der Waals surface area contributed by atoms with Crippen LogP contribution in [-0.2, 0) is 9.47 Å². The first-order valence-corrected chi connectivity index (χ1v) is 8.97. The summed E-state index contributed by atoms with van der Waals surface area (Å²) in [7, 11) is 1.69. The van der Waals surface area contributed by atoms with E-state index in [1.165, 1.54) is 19.3 Å². The molecule has 2 rings (SSSR count). The fraction of sp³-hybridized carbons (Fsp3) is 0.789. The molecule has 0 radical (unpaired) electrons. The first kappa shape index (κ1) is 18.6. The van der Waals surface area contributed by atoms with Crippen molar-refractivity contribution in [1.82, 2.24) is 0 Å². The van der Waals surface area contributed by atoms with Gasteiger partial charge in [0.05, 0.1) is 19.3 Å². The highest BCUT2D eigenvalue weighted by atomic mass is 19.3. The van der Waals surface area contributed by atoms with E-state index in [1.807, 2.05) is 6.08 Å². The van der Waals surface area contributed by atoms with Crippen LogP contribution in [0.5, 0.6) is 0 Å². The maximum absolute atomic E-state index is 12.3. The SMILES string of the molecule is COC/C=C/C1CCC(CCC2CCC(C=C(F)F)CC2)CO1. The standard InChI is InChI=1S/C19H30F2O2/c1-22-12-2-3-18-11-10-17(14-23-18)9-6-15-4-7-16(8-5-15)13-19(20)21/h2-3,13,15-18H,4-12,14H2,1H3/b3-2+. The first-order chi connectivity index (χ1) is 11.2. The van der Waals surface area contributed by atoms with Gasteiger partial charge in [-0.2, -0.15) is 8.78 Å². The Hall–Kier alpha value is -0.740. The summed E-state index contributed by atoms with van der Waals surface area (Å²) in [5, 5.41) is 0. The van der Waals surface area contributed by atoms with Crippen LogP contribution in [0, 0.1) is 17.8 Å². The molecular weight excluding hydrogens is 298 g/mol. The molecule has 2 nitrogen and oxygen atoms in total. The largest absolute Gasteiger partial charge is 0.381 e. The predicted octanol–water partition coefficient (Wildman–Crippen LogP) is 5.35. The minimum atomic E-state index is -1.51. The summed E-state index contributed by atoms with van der Waals surface area (Å²) in [5.41, 5.74) is 0. The molecule has 0 amide bonds. The van der Waals surface area contributed by atoms with E-state index in [1.54, 1.807) is 7.11 Å². The third-order valence-corrected chi connectivity index (χ3v) is 5.26. The number of allylic oxidation sites excluding steroid dienone is 1. The Bertz CT molecular complexity index is 375. The highest BCUT2D eigenvalue weighted by Gasteiger charge is 2.24. The number of hydrogen-bond donors (Lipinski definition) is 0. The lowest BCUT2D eigenvalue weighted by Gasteiger charge is -2.30. The normalized spacial score (nSPS) is 32.1. The molecule has 1 saturated carbocycles. The zero-order chi connectivity index (χ0) is 16.5. The van der Waals surface area contributed by atoms with Crippen molar-refractivity contribution in [1.29, 1.82) is 0 Å². The first-order valence-electron chi connectivity index (χ1n) is 8.97. The molecule has 2 aliphatic rings. The van der Waals surface area contributed by atoms with E-state index in [0.29, 0.717) is 12.5 Å². The Morgan fingerprint density at radius 2 is 1.74 bits per heavy atom. The topological polar surface area (TPSA) is 18.5 Å². The van der Waals surface area contributed by atoms with Crippen molar-refractivity contribution in [3.8, 4) is 0 Å². The molecule has 2 atom stereocenters. The van der Waals surface area contributed by atoms with E-state index in [9.17, 15) is 8.78 Å². The summed E-state index contributed by atoms with van der Waals surface area (Å²) in [6.07, 6.45) is 12.9. The van der Waals surface area contributed by atoms with Crippen LogP contribution >= 0.6 is 0 Å². The van der Waals surface area contributed by atoms with Gasteiger partial charge in [0.1, 0.15) is 0 Å². The van der Waals surface area contributed by atoms with Crippen LogP contribution < -0.4 is 0 Å². The quantitative estimate of drug-likeness (QED) is 0.586. The predicted molar refractivity (Wildman–Crippen MR) is 88.5 cm³/mol. The minimum Gasteiger partial charge on any atom is -0.381 e. The molecule has 4 heteroatoms. The van der Waals surface area contributed by atoms with Gasteiger partial charge in [-0.05, 0) is 68.8 Å². The van der Waals surface area contributed by atoms with Crippen molar-refractivity contribution >= 4 is 0 Å². The molecular formula is C19H30F2O2. The molecule has 132 valence electrons. The van der Waals surface area contributed by atoms with Gasteiger partial charge in [-0.1, -0.05) is 18.6 Å². The van der Waals surface area contributed by atoms with Gasteiger partial charge in [-0.15, -0.1) is 0 Å². The van der Waals surface area contributed by atoms with Crippen LogP contribution in [0.4, 0.5) is 8.78 Å². The second-order valence-electron chi connectivity index (χ2n) is 7.01. The lowest BCUT2D eigenvalue weighted by atomic mass is 9.78. The van der Waals surface area contributed by atoms with Crippen LogP contribution in [-0.4, -0.2) is 26.4 Å². The molecule has 0 aromatic rings. The maximum Gasteiger partial charge on any atom is 0.266 e. The zero-order valence-electron chi connectivity index (χ0n) is 14.2. The smallest absolute Gasteiger partial charge is 0.266 e. The number of ether oxygens (including phenoxy) is 2. The molecule has 1 saturated heterocycles. The second-order valence-corrected chi connectivity index (χ2v) is 7.01. The molecule has 0 spiro atoms. The molecule has 0 aromatic carbocycles. The van der Waals surface area contributed by atoms with Gasteiger partial charge < -0.3 is 9.47 Å². The van der Waals surface area contributed by atoms with Crippen LogP contribution in [0.1, 0.15) is 51.4 Å². The van der Waals surface area contributed by atoms with Crippen molar-refractivity contribution in [2.45, 2.75) is 57.5 Å². The molecule has 0 aromatic heterocycles. The van der Waals surface area contributed by atoms with E-state index < -0.39 is 6.08 Å². The Morgan fingerprint density at radius 1 is 1.04 bits per heavy atom. The molecule has 1 aliphatic carbocycles. The van der Waals surface area contributed by atoms with Gasteiger partial charge in [-0.3, -0.25) is 0 Å². The van der Waals surface area contributed by atoms with Crippen molar-refractivity contribution in [3.05, 3.63) is 24.3 Å². The van der Waals surface area contributed by atoms with Gasteiger partial charge in [0, 0.05) is 7.11 Å². The van der Waals surface area contributed by atoms with E-state index in [0.717, 1.165) is 50.7 Å². The Balaban J connectivity index is 1.58. The van der Waals surface area contributed by atoms with Gasteiger partial charge in [0.25, 0.3) is 6.08 Å². The summed E-state index contributed by atoms with van der Waals surface area (Å²) in [6, 6.07) is 0. The molecule has 0 N–H and O–H groups in total. The summed E-state index contributed by atoms with van der Waals surface area (Å²) in [5.74, 6) is 1.50. The Morgan fingerprint density at radius 3 is 2.35 bits per heavy atom. The van der Waals surface area contributed by atoms with Gasteiger partial charge >= 0.3 is 0 Å². The molecule has 1 aliphatic heterocycles. The summed E-state index contributed by atoms with van der Waals surface area (Å²) >= 11 is 0. The monoisotopic (exact) mass is 328 g/mol. The highest BCUT2D eigenvalue weighted by molar-refractivity contribution is 4.92. The van der Waals surface area contributed by atoms with E-state index in [-0.39, 0.29) is 12.0 Å². The fourth-order valence-corrected chi connectivity index (χ4v) is 3.80. The lowest BCUT2D eigenvalue weighted by molar-refractivity contribution is 0.00591. The third kappa shape index (κ3) is 7.13. The number of methoxy groups -OCH3 is 1. The fourth-order valence-electron chi connectivity index (χ4n) is 3.80. The van der Waals surface area contributed by atoms with E-state index >= 15 is 0 Å². The number of hydrogen-bond acceptors (Lipinski definition) is 2. The highest BCUT2D eigenvalue weighted by Crippen LogP contribution is 2.35. The average molecular weight is 328 g/mol. The van der Waals surface area contributed by atoms with Crippen LogP contribution in [0.15, 0.2) is 24.3 Å². The van der Waals surface area contributed by atoms with Crippen LogP contribution in [0.3, 0.4) is 0 Å². The summed E-state index contributed by atoms with van der Waals surface area (Å²) < 4.78 is 35.4. The molecule has 0 bridgehead atoms. The molecule has 2 fully saturated rings. The van der Waals surface area contributed by atoms with E-state index in [4.69, 9.17) is 9.47 Å². The summed E-state index contributed by atoms with van der Waals surface area (Å²) in [6.45, 7) is 1.50. The van der Waals surface area contributed by atoms with Crippen LogP contribution in [0.25, 0.3) is 0 Å². The third-order valence-electron chi connectivity index (χ3n) is 5.26.